The Morgan fingerprint density at radius 1 is 1.41 bits per heavy atom. The van der Waals surface area contributed by atoms with Gasteiger partial charge in [-0.25, -0.2) is 10.4 Å². The topological polar surface area (TPSA) is 42.3 Å². The first kappa shape index (κ1) is 11.2. The Bertz CT molecular complexity index is 384. The third-order valence-electron chi connectivity index (χ3n) is 3.73. The quantitative estimate of drug-likeness (QED) is 0.818. The summed E-state index contributed by atoms with van der Waals surface area (Å²) < 4.78 is 7.38. The van der Waals surface area contributed by atoms with Crippen molar-refractivity contribution >= 4 is 0 Å². The fourth-order valence-electron chi connectivity index (χ4n) is 2.75. The van der Waals surface area contributed by atoms with E-state index in [0.717, 1.165) is 32.7 Å². The van der Waals surface area contributed by atoms with E-state index in [2.05, 4.69) is 15.5 Å². The summed E-state index contributed by atoms with van der Waals surface area (Å²) >= 11 is 0. The maximum atomic E-state index is 5.36. The molecule has 0 bridgehead atoms. The molecular weight excluding hydrogens is 216 g/mol. The maximum Gasteiger partial charge on any atom is 0.0608 e. The zero-order chi connectivity index (χ0) is 11.7. The van der Waals surface area contributed by atoms with Crippen LogP contribution in [0.5, 0.6) is 0 Å². The molecule has 0 amide bonds. The van der Waals surface area contributed by atoms with Crippen LogP contribution >= 0.6 is 0 Å². The molecule has 0 spiro atoms. The van der Waals surface area contributed by atoms with Gasteiger partial charge in [0.1, 0.15) is 0 Å². The van der Waals surface area contributed by atoms with Crippen molar-refractivity contribution in [1.29, 1.82) is 0 Å². The molecule has 1 aromatic rings. The summed E-state index contributed by atoms with van der Waals surface area (Å²) in [7, 11) is 2.04. The van der Waals surface area contributed by atoms with Gasteiger partial charge in [0.15, 0.2) is 0 Å². The van der Waals surface area contributed by atoms with Gasteiger partial charge in [-0.05, 0) is 19.3 Å². The van der Waals surface area contributed by atoms with Crippen LogP contribution in [0.2, 0.25) is 0 Å². The highest BCUT2D eigenvalue weighted by Gasteiger charge is 2.25. The SMILES string of the molecule is Cn1ncc2c1CCCC2NN1CCOCC1. The van der Waals surface area contributed by atoms with Gasteiger partial charge in [-0.2, -0.15) is 5.10 Å². The lowest BCUT2D eigenvalue weighted by Crippen LogP contribution is -2.47. The highest BCUT2D eigenvalue weighted by Crippen LogP contribution is 2.29. The number of ether oxygens (including phenoxy) is 1. The first-order valence-electron chi connectivity index (χ1n) is 6.44. The van der Waals surface area contributed by atoms with E-state index >= 15 is 0 Å². The second-order valence-electron chi connectivity index (χ2n) is 4.84. The van der Waals surface area contributed by atoms with Gasteiger partial charge in [0.05, 0.1) is 19.4 Å². The van der Waals surface area contributed by atoms with Crippen LogP contribution in [0.4, 0.5) is 0 Å². The Kier molecular flexibility index (Phi) is 3.13. The van der Waals surface area contributed by atoms with Crippen LogP contribution in [0.3, 0.4) is 0 Å². The molecule has 2 aliphatic rings. The fraction of sp³-hybridized carbons (Fsp3) is 0.750. The first-order chi connectivity index (χ1) is 8.34. The third-order valence-corrected chi connectivity index (χ3v) is 3.73. The summed E-state index contributed by atoms with van der Waals surface area (Å²) in [6.45, 7) is 3.62. The number of fused-ring (bicyclic) bond motifs is 1. The molecule has 1 aromatic heterocycles. The van der Waals surface area contributed by atoms with Crippen LogP contribution in [0, 0.1) is 0 Å². The summed E-state index contributed by atoms with van der Waals surface area (Å²) in [5.41, 5.74) is 6.40. The molecule has 1 aliphatic carbocycles. The molecule has 1 unspecified atom stereocenters. The molecule has 1 atom stereocenters. The molecule has 1 aliphatic heterocycles. The summed E-state index contributed by atoms with van der Waals surface area (Å²) in [6.07, 6.45) is 5.63. The van der Waals surface area contributed by atoms with E-state index in [1.807, 2.05) is 17.9 Å². The van der Waals surface area contributed by atoms with Gasteiger partial charge >= 0.3 is 0 Å². The minimum atomic E-state index is 0.436. The van der Waals surface area contributed by atoms with Crippen molar-refractivity contribution < 1.29 is 4.74 Å². The monoisotopic (exact) mass is 236 g/mol. The van der Waals surface area contributed by atoms with Crippen LogP contribution in [-0.2, 0) is 18.2 Å². The van der Waals surface area contributed by atoms with Crippen molar-refractivity contribution in [3.8, 4) is 0 Å². The van der Waals surface area contributed by atoms with E-state index in [0.29, 0.717) is 6.04 Å². The average Bonchev–Trinajstić information content (AvgIpc) is 2.74. The van der Waals surface area contributed by atoms with Crippen LogP contribution in [0.25, 0.3) is 0 Å². The molecule has 0 radical (unpaired) electrons. The first-order valence-corrected chi connectivity index (χ1v) is 6.44. The molecule has 1 fully saturated rings. The summed E-state index contributed by atoms with van der Waals surface area (Å²) in [5, 5.41) is 6.66. The summed E-state index contributed by atoms with van der Waals surface area (Å²) in [6, 6.07) is 0.436. The normalized spacial score (nSPS) is 25.8. The molecular formula is C12H20N4O. The van der Waals surface area contributed by atoms with Gasteiger partial charge in [-0.15, -0.1) is 0 Å². The molecule has 0 aromatic carbocycles. The fourth-order valence-corrected chi connectivity index (χ4v) is 2.75. The highest BCUT2D eigenvalue weighted by molar-refractivity contribution is 5.24. The molecule has 94 valence electrons. The predicted molar refractivity (Wildman–Crippen MR) is 64.4 cm³/mol. The van der Waals surface area contributed by atoms with Gasteiger partial charge in [0.2, 0.25) is 0 Å². The zero-order valence-electron chi connectivity index (χ0n) is 10.4. The number of aryl methyl sites for hydroxylation is 1. The van der Waals surface area contributed by atoms with Crippen molar-refractivity contribution in [1.82, 2.24) is 20.2 Å². The summed E-state index contributed by atoms with van der Waals surface area (Å²) in [5.74, 6) is 0. The van der Waals surface area contributed by atoms with Crippen LogP contribution in [0.15, 0.2) is 6.20 Å². The standard InChI is InChI=1S/C12H20N4O/c1-15-12-4-2-3-11(10(12)9-13-15)14-16-5-7-17-8-6-16/h9,11,14H,2-8H2,1H3. The smallest absolute Gasteiger partial charge is 0.0608 e. The van der Waals surface area contributed by atoms with Gasteiger partial charge < -0.3 is 4.74 Å². The van der Waals surface area contributed by atoms with Crippen LogP contribution in [-0.4, -0.2) is 41.1 Å². The number of nitrogens with one attached hydrogen (secondary N) is 1. The van der Waals surface area contributed by atoms with E-state index in [9.17, 15) is 0 Å². The molecule has 17 heavy (non-hydrogen) atoms. The van der Waals surface area contributed by atoms with E-state index in [1.54, 1.807) is 0 Å². The van der Waals surface area contributed by atoms with Gasteiger partial charge in [-0.1, -0.05) is 0 Å². The molecule has 5 nitrogen and oxygen atoms in total. The lowest BCUT2D eigenvalue weighted by molar-refractivity contribution is 0.00184. The number of hydrogen-bond acceptors (Lipinski definition) is 4. The second-order valence-corrected chi connectivity index (χ2v) is 4.84. The van der Waals surface area contributed by atoms with Crippen molar-refractivity contribution in [2.24, 2.45) is 7.05 Å². The number of hydrogen-bond donors (Lipinski definition) is 1. The van der Waals surface area contributed by atoms with Crippen LogP contribution in [0.1, 0.15) is 30.1 Å². The van der Waals surface area contributed by atoms with E-state index in [1.165, 1.54) is 24.1 Å². The highest BCUT2D eigenvalue weighted by atomic mass is 16.5. The largest absolute Gasteiger partial charge is 0.379 e. The second kappa shape index (κ2) is 4.76. The van der Waals surface area contributed by atoms with E-state index < -0.39 is 0 Å². The Labute approximate surface area is 102 Å². The Morgan fingerprint density at radius 2 is 2.24 bits per heavy atom. The molecule has 0 saturated carbocycles. The van der Waals surface area contributed by atoms with Crippen molar-refractivity contribution in [2.75, 3.05) is 26.3 Å². The van der Waals surface area contributed by atoms with Crippen LogP contribution < -0.4 is 5.43 Å². The van der Waals surface area contributed by atoms with Crippen molar-refractivity contribution in [3.05, 3.63) is 17.5 Å². The third kappa shape index (κ3) is 2.22. The molecule has 2 heterocycles. The minimum absolute atomic E-state index is 0.436. The number of morpholine rings is 1. The lowest BCUT2D eigenvalue weighted by Gasteiger charge is -2.33. The molecule has 1 N–H and O–H groups in total. The number of aromatic nitrogens is 2. The number of rotatable bonds is 2. The van der Waals surface area contributed by atoms with E-state index in [4.69, 9.17) is 4.74 Å². The summed E-state index contributed by atoms with van der Waals surface area (Å²) in [4.78, 5) is 0. The Hall–Kier alpha value is -0.910. The molecule has 1 saturated heterocycles. The van der Waals surface area contributed by atoms with Gasteiger partial charge in [0.25, 0.3) is 0 Å². The Balaban J connectivity index is 1.71. The molecule has 3 rings (SSSR count). The Morgan fingerprint density at radius 3 is 3.06 bits per heavy atom. The van der Waals surface area contributed by atoms with Crippen molar-refractivity contribution in [2.45, 2.75) is 25.3 Å². The van der Waals surface area contributed by atoms with Crippen molar-refractivity contribution in [3.63, 3.8) is 0 Å². The predicted octanol–water partition coefficient (Wildman–Crippen LogP) is 0.634. The lowest BCUT2D eigenvalue weighted by atomic mass is 9.93. The zero-order valence-corrected chi connectivity index (χ0v) is 10.4. The minimum Gasteiger partial charge on any atom is -0.379 e. The van der Waals surface area contributed by atoms with Gasteiger partial charge in [-0.3, -0.25) is 4.68 Å². The maximum absolute atomic E-state index is 5.36. The van der Waals surface area contributed by atoms with Gasteiger partial charge in [0, 0.05) is 37.4 Å². The number of hydrazine groups is 1. The molecule has 5 heteroatoms. The number of nitrogens with zero attached hydrogens (tertiary/aromatic N) is 3. The van der Waals surface area contributed by atoms with E-state index in [-0.39, 0.29) is 0 Å². The average molecular weight is 236 g/mol.